The van der Waals surface area contributed by atoms with Crippen LogP contribution in [0.4, 0.5) is 0 Å². The Kier molecular flexibility index (Phi) is 5.53. The van der Waals surface area contributed by atoms with E-state index in [9.17, 15) is 4.79 Å². The van der Waals surface area contributed by atoms with E-state index < -0.39 is 0 Å². The van der Waals surface area contributed by atoms with Gasteiger partial charge in [0.15, 0.2) is 0 Å². The van der Waals surface area contributed by atoms with Gasteiger partial charge in [0.2, 0.25) is 0 Å². The van der Waals surface area contributed by atoms with Crippen LogP contribution in [0.25, 0.3) is 0 Å². The fourth-order valence-corrected chi connectivity index (χ4v) is 2.63. The number of carbonyl (C=O) groups excluding carboxylic acids is 1. The summed E-state index contributed by atoms with van der Waals surface area (Å²) in [4.78, 5) is 18.6. The standard InChI is InChI=1S/C18H22N2O2/c1-4-17(14-6-8-16(22-3)9-7-14)20(5-2)18(21)15-10-12-19-13-11-15/h6-13,17H,4-5H2,1-3H3/t17-/m0/s1. The van der Waals surface area contributed by atoms with Crippen molar-refractivity contribution in [3.05, 3.63) is 59.9 Å². The zero-order valence-corrected chi connectivity index (χ0v) is 13.3. The minimum Gasteiger partial charge on any atom is -0.497 e. The van der Waals surface area contributed by atoms with E-state index in [1.807, 2.05) is 36.1 Å². The van der Waals surface area contributed by atoms with Gasteiger partial charge in [0, 0.05) is 24.5 Å². The van der Waals surface area contributed by atoms with E-state index in [0.717, 1.165) is 17.7 Å². The number of methoxy groups -OCH3 is 1. The third-order valence-electron chi connectivity index (χ3n) is 3.79. The number of ether oxygens (including phenoxy) is 1. The molecule has 1 atom stereocenters. The minimum absolute atomic E-state index is 0.0348. The van der Waals surface area contributed by atoms with Crippen molar-refractivity contribution in [2.24, 2.45) is 0 Å². The Balaban J connectivity index is 2.28. The highest BCUT2D eigenvalue weighted by atomic mass is 16.5. The fraction of sp³-hybridized carbons (Fsp3) is 0.333. The van der Waals surface area contributed by atoms with E-state index in [0.29, 0.717) is 12.1 Å². The highest BCUT2D eigenvalue weighted by Gasteiger charge is 2.23. The zero-order valence-electron chi connectivity index (χ0n) is 13.3. The smallest absolute Gasteiger partial charge is 0.254 e. The summed E-state index contributed by atoms with van der Waals surface area (Å²) in [7, 11) is 1.65. The third kappa shape index (κ3) is 3.45. The highest BCUT2D eigenvalue weighted by molar-refractivity contribution is 5.94. The van der Waals surface area contributed by atoms with Gasteiger partial charge in [-0.25, -0.2) is 0 Å². The Morgan fingerprint density at radius 1 is 1.14 bits per heavy atom. The SMILES string of the molecule is CC[C@@H](c1ccc(OC)cc1)N(CC)C(=O)c1ccncc1. The van der Waals surface area contributed by atoms with Crippen LogP contribution in [0.15, 0.2) is 48.8 Å². The van der Waals surface area contributed by atoms with Crippen molar-refractivity contribution in [2.75, 3.05) is 13.7 Å². The molecule has 0 aliphatic rings. The lowest BCUT2D eigenvalue weighted by Crippen LogP contribution is -2.34. The Bertz CT molecular complexity index is 596. The van der Waals surface area contributed by atoms with Crippen molar-refractivity contribution >= 4 is 5.91 Å². The molecule has 0 N–H and O–H groups in total. The van der Waals surface area contributed by atoms with Gasteiger partial charge in [0.05, 0.1) is 13.2 Å². The lowest BCUT2D eigenvalue weighted by atomic mass is 10.0. The Hall–Kier alpha value is -2.36. The van der Waals surface area contributed by atoms with Crippen LogP contribution in [0.3, 0.4) is 0 Å². The van der Waals surface area contributed by atoms with Crippen molar-refractivity contribution < 1.29 is 9.53 Å². The lowest BCUT2D eigenvalue weighted by Gasteiger charge is -2.30. The average Bonchev–Trinajstić information content (AvgIpc) is 2.60. The molecule has 4 nitrogen and oxygen atoms in total. The van der Waals surface area contributed by atoms with Crippen molar-refractivity contribution in [3.63, 3.8) is 0 Å². The number of benzene rings is 1. The van der Waals surface area contributed by atoms with E-state index >= 15 is 0 Å². The van der Waals surface area contributed by atoms with Crippen LogP contribution < -0.4 is 4.74 Å². The summed E-state index contributed by atoms with van der Waals surface area (Å²) in [6.45, 7) is 4.76. The number of amides is 1. The number of aromatic nitrogens is 1. The first kappa shape index (κ1) is 16.0. The predicted molar refractivity (Wildman–Crippen MR) is 87.0 cm³/mol. The maximum Gasteiger partial charge on any atom is 0.254 e. The molecule has 2 rings (SSSR count). The molecular formula is C18H22N2O2. The van der Waals surface area contributed by atoms with Gasteiger partial charge in [-0.2, -0.15) is 0 Å². The second-order valence-electron chi connectivity index (χ2n) is 5.02. The van der Waals surface area contributed by atoms with Crippen molar-refractivity contribution in [1.29, 1.82) is 0 Å². The number of hydrogen-bond donors (Lipinski definition) is 0. The summed E-state index contributed by atoms with van der Waals surface area (Å²) in [6, 6.07) is 11.5. The molecule has 1 aromatic heterocycles. The summed E-state index contributed by atoms with van der Waals surface area (Å²) >= 11 is 0. The molecule has 2 aromatic rings. The van der Waals surface area contributed by atoms with Gasteiger partial charge in [-0.05, 0) is 43.2 Å². The molecule has 1 aromatic carbocycles. The maximum absolute atomic E-state index is 12.7. The second kappa shape index (κ2) is 7.59. The molecule has 0 bridgehead atoms. The molecule has 0 aliphatic carbocycles. The number of hydrogen-bond acceptors (Lipinski definition) is 3. The molecule has 0 saturated carbocycles. The van der Waals surface area contributed by atoms with E-state index in [4.69, 9.17) is 4.74 Å². The highest BCUT2D eigenvalue weighted by Crippen LogP contribution is 2.27. The van der Waals surface area contributed by atoms with Crippen LogP contribution >= 0.6 is 0 Å². The maximum atomic E-state index is 12.7. The Morgan fingerprint density at radius 2 is 1.77 bits per heavy atom. The summed E-state index contributed by atoms with van der Waals surface area (Å²) in [5.41, 5.74) is 1.79. The Labute approximate surface area is 131 Å². The van der Waals surface area contributed by atoms with Crippen molar-refractivity contribution in [3.8, 4) is 5.75 Å². The summed E-state index contributed by atoms with van der Waals surface area (Å²) in [5.74, 6) is 0.856. The van der Waals surface area contributed by atoms with Crippen LogP contribution in [0.1, 0.15) is 42.2 Å². The second-order valence-corrected chi connectivity index (χ2v) is 5.02. The number of carbonyl (C=O) groups is 1. The monoisotopic (exact) mass is 298 g/mol. The molecule has 0 aliphatic heterocycles. The van der Waals surface area contributed by atoms with E-state index in [1.165, 1.54) is 0 Å². The largest absolute Gasteiger partial charge is 0.497 e. The molecule has 0 saturated heterocycles. The third-order valence-corrected chi connectivity index (χ3v) is 3.79. The predicted octanol–water partition coefficient (Wildman–Crippen LogP) is 3.70. The van der Waals surface area contributed by atoms with Crippen molar-refractivity contribution in [1.82, 2.24) is 9.88 Å². The first-order valence-corrected chi connectivity index (χ1v) is 7.56. The molecule has 0 spiro atoms. The normalized spacial score (nSPS) is 11.8. The lowest BCUT2D eigenvalue weighted by molar-refractivity contribution is 0.0682. The molecule has 0 fully saturated rings. The number of nitrogens with zero attached hydrogens (tertiary/aromatic N) is 2. The topological polar surface area (TPSA) is 42.4 Å². The molecule has 4 heteroatoms. The average molecular weight is 298 g/mol. The van der Waals surface area contributed by atoms with Crippen LogP contribution in [0.2, 0.25) is 0 Å². The van der Waals surface area contributed by atoms with Gasteiger partial charge in [-0.1, -0.05) is 19.1 Å². The fourth-order valence-electron chi connectivity index (χ4n) is 2.63. The van der Waals surface area contributed by atoms with Gasteiger partial charge in [0.1, 0.15) is 5.75 Å². The first-order valence-electron chi connectivity index (χ1n) is 7.56. The van der Waals surface area contributed by atoms with Crippen LogP contribution in [0.5, 0.6) is 5.75 Å². The Morgan fingerprint density at radius 3 is 2.27 bits per heavy atom. The van der Waals surface area contributed by atoms with Crippen LogP contribution in [0, 0.1) is 0 Å². The quantitative estimate of drug-likeness (QED) is 0.816. The summed E-state index contributed by atoms with van der Waals surface area (Å²) in [5, 5.41) is 0. The van der Waals surface area contributed by atoms with Gasteiger partial charge in [0.25, 0.3) is 5.91 Å². The van der Waals surface area contributed by atoms with E-state index in [2.05, 4.69) is 11.9 Å². The van der Waals surface area contributed by atoms with Crippen molar-refractivity contribution in [2.45, 2.75) is 26.3 Å². The molecule has 116 valence electrons. The van der Waals surface area contributed by atoms with Crippen LogP contribution in [-0.2, 0) is 0 Å². The summed E-state index contributed by atoms with van der Waals surface area (Å²) in [6.07, 6.45) is 4.15. The zero-order chi connectivity index (χ0) is 15.9. The molecule has 22 heavy (non-hydrogen) atoms. The first-order chi connectivity index (χ1) is 10.7. The number of rotatable bonds is 6. The molecule has 1 heterocycles. The van der Waals surface area contributed by atoms with Crippen LogP contribution in [-0.4, -0.2) is 29.4 Å². The van der Waals surface area contributed by atoms with Gasteiger partial charge >= 0.3 is 0 Å². The molecule has 0 radical (unpaired) electrons. The van der Waals surface area contributed by atoms with Gasteiger partial charge in [-0.3, -0.25) is 9.78 Å². The molecule has 0 unspecified atom stereocenters. The molecule has 1 amide bonds. The number of pyridine rings is 1. The minimum atomic E-state index is 0.0348. The summed E-state index contributed by atoms with van der Waals surface area (Å²) < 4.78 is 5.20. The van der Waals surface area contributed by atoms with Gasteiger partial charge in [-0.15, -0.1) is 0 Å². The van der Waals surface area contributed by atoms with Gasteiger partial charge < -0.3 is 9.64 Å². The van der Waals surface area contributed by atoms with E-state index in [1.54, 1.807) is 31.6 Å². The molecular weight excluding hydrogens is 276 g/mol. The van der Waals surface area contributed by atoms with E-state index in [-0.39, 0.29) is 11.9 Å².